The molecule has 0 rings (SSSR count). The van der Waals surface area contributed by atoms with Crippen LogP contribution in [0.1, 0.15) is 52.9 Å². The van der Waals surface area contributed by atoms with E-state index < -0.39 is 5.60 Å². The van der Waals surface area contributed by atoms with E-state index in [2.05, 4.69) is 13.0 Å². The molecular formula is C11H19NO2. The van der Waals surface area contributed by atoms with Crippen LogP contribution in [0, 0.1) is 11.3 Å². The van der Waals surface area contributed by atoms with Gasteiger partial charge in [0.2, 0.25) is 0 Å². The molecule has 0 aliphatic heterocycles. The number of ether oxygens (including phenoxy) is 1. The van der Waals surface area contributed by atoms with Gasteiger partial charge in [-0.15, -0.1) is 0 Å². The highest BCUT2D eigenvalue weighted by Crippen LogP contribution is 2.24. The average Bonchev–Trinajstić information content (AvgIpc) is 2.11. The number of nitrogens with zero attached hydrogens (tertiary/aromatic N) is 1. The molecule has 0 aliphatic rings. The first-order valence-electron chi connectivity index (χ1n) is 5.10. The normalized spacial score (nSPS) is 14.1. The zero-order valence-corrected chi connectivity index (χ0v) is 9.30. The fraction of sp³-hybridized carbons (Fsp3) is 0.818. The molecule has 0 aliphatic carbocycles. The van der Waals surface area contributed by atoms with Gasteiger partial charge in [-0.1, -0.05) is 13.3 Å². The van der Waals surface area contributed by atoms with Gasteiger partial charge in [0.1, 0.15) is 5.60 Å². The molecule has 0 fully saturated rings. The molecule has 0 radical (unpaired) electrons. The molecule has 0 aromatic carbocycles. The van der Waals surface area contributed by atoms with Crippen molar-refractivity contribution in [3.05, 3.63) is 0 Å². The van der Waals surface area contributed by atoms with Gasteiger partial charge in [0.25, 0.3) is 0 Å². The van der Waals surface area contributed by atoms with E-state index in [1.807, 2.05) is 6.92 Å². The van der Waals surface area contributed by atoms with Crippen molar-refractivity contribution in [2.24, 2.45) is 0 Å². The van der Waals surface area contributed by atoms with Crippen LogP contribution < -0.4 is 0 Å². The van der Waals surface area contributed by atoms with Gasteiger partial charge >= 0.3 is 5.97 Å². The first-order chi connectivity index (χ1) is 6.54. The van der Waals surface area contributed by atoms with Crippen LogP contribution in [0.4, 0.5) is 0 Å². The van der Waals surface area contributed by atoms with E-state index in [-0.39, 0.29) is 5.97 Å². The lowest BCUT2D eigenvalue weighted by Crippen LogP contribution is -2.30. The Morgan fingerprint density at radius 3 is 2.57 bits per heavy atom. The molecule has 0 aromatic heterocycles. The summed E-state index contributed by atoms with van der Waals surface area (Å²) in [6, 6.07) is 2.08. The van der Waals surface area contributed by atoms with E-state index in [0.717, 1.165) is 19.3 Å². The highest BCUT2D eigenvalue weighted by atomic mass is 16.6. The number of unbranched alkanes of at least 4 members (excludes halogenated alkanes) is 1. The molecule has 0 saturated heterocycles. The molecule has 14 heavy (non-hydrogen) atoms. The summed E-state index contributed by atoms with van der Waals surface area (Å²) in [6.45, 7) is 5.41. The second-order valence-electron chi connectivity index (χ2n) is 3.81. The minimum Gasteiger partial charge on any atom is -0.460 e. The maximum atomic E-state index is 10.9. The number of hydrogen-bond donors (Lipinski definition) is 0. The molecule has 3 heteroatoms. The average molecular weight is 197 g/mol. The van der Waals surface area contributed by atoms with Crippen molar-refractivity contribution in [3.8, 4) is 6.07 Å². The van der Waals surface area contributed by atoms with Crippen molar-refractivity contribution in [1.82, 2.24) is 0 Å². The minimum atomic E-state index is -0.447. The van der Waals surface area contributed by atoms with Crippen LogP contribution in [0.2, 0.25) is 0 Å². The van der Waals surface area contributed by atoms with Gasteiger partial charge in [-0.2, -0.15) is 5.26 Å². The Labute approximate surface area is 86.1 Å². The summed E-state index contributed by atoms with van der Waals surface area (Å²) in [6.07, 6.45) is 4.00. The van der Waals surface area contributed by atoms with Crippen LogP contribution in [0.5, 0.6) is 0 Å². The Morgan fingerprint density at radius 1 is 1.50 bits per heavy atom. The van der Waals surface area contributed by atoms with Crippen LogP contribution in [0.3, 0.4) is 0 Å². The van der Waals surface area contributed by atoms with Gasteiger partial charge in [0, 0.05) is 13.3 Å². The van der Waals surface area contributed by atoms with E-state index in [0.29, 0.717) is 12.8 Å². The Bertz CT molecular complexity index is 220. The summed E-state index contributed by atoms with van der Waals surface area (Å²) in [4.78, 5) is 10.9. The molecule has 1 unspecified atom stereocenters. The maximum Gasteiger partial charge on any atom is 0.303 e. The third kappa shape index (κ3) is 5.58. The number of carbonyl (C=O) groups excluding carboxylic acids is 1. The summed E-state index contributed by atoms with van der Waals surface area (Å²) in [5.41, 5.74) is -0.447. The lowest BCUT2D eigenvalue weighted by atomic mass is 9.93. The van der Waals surface area contributed by atoms with Gasteiger partial charge in [-0.3, -0.25) is 4.79 Å². The highest BCUT2D eigenvalue weighted by molar-refractivity contribution is 5.66. The van der Waals surface area contributed by atoms with Crippen molar-refractivity contribution in [1.29, 1.82) is 5.26 Å². The summed E-state index contributed by atoms with van der Waals surface area (Å²) in [5, 5.41) is 8.50. The monoisotopic (exact) mass is 197 g/mol. The summed E-state index contributed by atoms with van der Waals surface area (Å²) >= 11 is 0. The van der Waals surface area contributed by atoms with E-state index in [1.165, 1.54) is 6.92 Å². The number of carbonyl (C=O) groups is 1. The molecule has 0 amide bonds. The lowest BCUT2D eigenvalue weighted by molar-refractivity contribution is -0.156. The Balaban J connectivity index is 4.18. The maximum absolute atomic E-state index is 10.9. The first kappa shape index (κ1) is 13.0. The van der Waals surface area contributed by atoms with E-state index in [1.54, 1.807) is 0 Å². The third-order valence-corrected chi connectivity index (χ3v) is 2.21. The number of rotatable bonds is 6. The number of esters is 1. The molecule has 0 saturated carbocycles. The van der Waals surface area contributed by atoms with Crippen LogP contribution in [-0.4, -0.2) is 11.6 Å². The largest absolute Gasteiger partial charge is 0.460 e. The molecule has 0 heterocycles. The van der Waals surface area contributed by atoms with Crippen LogP contribution >= 0.6 is 0 Å². The smallest absolute Gasteiger partial charge is 0.303 e. The minimum absolute atomic E-state index is 0.262. The topological polar surface area (TPSA) is 50.1 Å². The van der Waals surface area contributed by atoms with Gasteiger partial charge in [-0.05, 0) is 26.2 Å². The van der Waals surface area contributed by atoms with E-state index in [4.69, 9.17) is 10.00 Å². The zero-order valence-electron chi connectivity index (χ0n) is 9.30. The van der Waals surface area contributed by atoms with Gasteiger partial charge < -0.3 is 4.74 Å². The lowest BCUT2D eigenvalue weighted by Gasteiger charge is -2.28. The Morgan fingerprint density at radius 2 is 2.14 bits per heavy atom. The second-order valence-corrected chi connectivity index (χ2v) is 3.81. The van der Waals surface area contributed by atoms with Crippen molar-refractivity contribution >= 4 is 5.97 Å². The molecule has 0 aromatic rings. The third-order valence-electron chi connectivity index (χ3n) is 2.21. The highest BCUT2D eigenvalue weighted by Gasteiger charge is 2.26. The molecule has 1 atom stereocenters. The number of nitriles is 1. The summed E-state index contributed by atoms with van der Waals surface area (Å²) < 4.78 is 5.25. The standard InChI is InChI=1S/C11H19NO2/c1-4-5-7-11(3,8-6-9-12)14-10(2)13/h4-8H2,1-3H3. The predicted molar refractivity (Wildman–Crippen MR) is 54.5 cm³/mol. The fourth-order valence-corrected chi connectivity index (χ4v) is 1.45. The zero-order chi connectivity index (χ0) is 11.0. The van der Waals surface area contributed by atoms with Crippen molar-refractivity contribution in [2.45, 2.75) is 58.5 Å². The van der Waals surface area contributed by atoms with Crippen LogP contribution in [0.25, 0.3) is 0 Å². The first-order valence-corrected chi connectivity index (χ1v) is 5.10. The van der Waals surface area contributed by atoms with Gasteiger partial charge in [0.05, 0.1) is 6.07 Å². The quantitative estimate of drug-likeness (QED) is 0.615. The number of hydrogen-bond acceptors (Lipinski definition) is 3. The van der Waals surface area contributed by atoms with E-state index in [9.17, 15) is 4.79 Å². The fourth-order valence-electron chi connectivity index (χ4n) is 1.45. The Hall–Kier alpha value is -1.04. The van der Waals surface area contributed by atoms with Crippen LogP contribution in [0.15, 0.2) is 0 Å². The molecular weight excluding hydrogens is 178 g/mol. The molecule has 3 nitrogen and oxygen atoms in total. The van der Waals surface area contributed by atoms with Crippen molar-refractivity contribution in [3.63, 3.8) is 0 Å². The van der Waals surface area contributed by atoms with E-state index >= 15 is 0 Å². The Kier molecular flexibility index (Phi) is 5.94. The molecule has 0 spiro atoms. The second kappa shape index (κ2) is 6.42. The van der Waals surface area contributed by atoms with Gasteiger partial charge in [0.15, 0.2) is 0 Å². The molecule has 0 N–H and O–H groups in total. The SMILES string of the molecule is CCCCC(C)(CCC#N)OC(C)=O. The van der Waals surface area contributed by atoms with Crippen molar-refractivity contribution < 1.29 is 9.53 Å². The van der Waals surface area contributed by atoms with Gasteiger partial charge in [-0.25, -0.2) is 0 Å². The van der Waals surface area contributed by atoms with Crippen molar-refractivity contribution in [2.75, 3.05) is 0 Å². The molecule has 80 valence electrons. The summed E-state index contributed by atoms with van der Waals surface area (Å²) in [5.74, 6) is -0.262. The summed E-state index contributed by atoms with van der Waals surface area (Å²) in [7, 11) is 0. The predicted octanol–water partition coefficient (Wildman–Crippen LogP) is 2.80. The molecule has 0 bridgehead atoms. The van der Waals surface area contributed by atoms with Crippen LogP contribution in [-0.2, 0) is 9.53 Å².